The molecule has 4 heteroatoms. The summed E-state index contributed by atoms with van der Waals surface area (Å²) in [6, 6.07) is 6.55. The van der Waals surface area contributed by atoms with Crippen molar-refractivity contribution in [2.45, 2.75) is 51.6 Å². The van der Waals surface area contributed by atoms with Crippen LogP contribution in [-0.2, 0) is 0 Å². The Morgan fingerprint density at radius 2 is 2.20 bits per heavy atom. The van der Waals surface area contributed by atoms with Crippen LogP contribution in [0.1, 0.15) is 40.0 Å². The van der Waals surface area contributed by atoms with E-state index in [1.54, 1.807) is 0 Å². The SMILES string of the molecule is CN1CCCC1CCOc1cccc(NC(C)(C)C)n1. The molecule has 1 unspecified atom stereocenters. The quantitative estimate of drug-likeness (QED) is 0.897. The van der Waals surface area contributed by atoms with E-state index in [0.717, 1.165) is 18.8 Å². The third-order valence-electron chi connectivity index (χ3n) is 3.60. The van der Waals surface area contributed by atoms with Gasteiger partial charge in [0.25, 0.3) is 0 Å². The standard InChI is InChI=1S/C16H27N3O/c1-16(2,3)18-14-8-5-9-15(17-14)20-12-10-13-7-6-11-19(13)4/h5,8-9,13H,6-7,10-12H2,1-4H3,(H,17,18). The first kappa shape index (κ1) is 15.1. The van der Waals surface area contributed by atoms with Crippen molar-refractivity contribution in [3.63, 3.8) is 0 Å². The first-order chi connectivity index (χ1) is 9.44. The maximum atomic E-state index is 5.79. The molecular weight excluding hydrogens is 250 g/mol. The van der Waals surface area contributed by atoms with E-state index in [4.69, 9.17) is 4.74 Å². The summed E-state index contributed by atoms with van der Waals surface area (Å²) in [5.74, 6) is 1.58. The van der Waals surface area contributed by atoms with E-state index in [1.807, 2.05) is 18.2 Å². The van der Waals surface area contributed by atoms with Gasteiger partial charge in [-0.05, 0) is 59.7 Å². The lowest BCUT2D eigenvalue weighted by atomic mass is 10.1. The maximum absolute atomic E-state index is 5.79. The Balaban J connectivity index is 1.82. The Hall–Kier alpha value is -1.29. The van der Waals surface area contributed by atoms with Gasteiger partial charge in [-0.2, -0.15) is 4.98 Å². The smallest absolute Gasteiger partial charge is 0.215 e. The number of ether oxygens (including phenoxy) is 1. The molecule has 2 rings (SSSR count). The van der Waals surface area contributed by atoms with Crippen LogP contribution in [0, 0.1) is 0 Å². The minimum atomic E-state index is 0.0121. The van der Waals surface area contributed by atoms with Gasteiger partial charge in [-0.3, -0.25) is 0 Å². The van der Waals surface area contributed by atoms with E-state index in [0.29, 0.717) is 11.9 Å². The highest BCUT2D eigenvalue weighted by Crippen LogP contribution is 2.19. The van der Waals surface area contributed by atoms with Crippen LogP contribution >= 0.6 is 0 Å². The van der Waals surface area contributed by atoms with Gasteiger partial charge in [0.15, 0.2) is 0 Å². The van der Waals surface area contributed by atoms with E-state index in [-0.39, 0.29) is 5.54 Å². The molecule has 1 aliphatic heterocycles. The highest BCUT2D eigenvalue weighted by atomic mass is 16.5. The lowest BCUT2D eigenvalue weighted by Crippen LogP contribution is -2.27. The van der Waals surface area contributed by atoms with Crippen LogP contribution in [0.25, 0.3) is 0 Å². The zero-order valence-corrected chi connectivity index (χ0v) is 13.1. The lowest BCUT2D eigenvalue weighted by Gasteiger charge is -2.22. The Labute approximate surface area is 122 Å². The van der Waals surface area contributed by atoms with Crippen LogP contribution in [0.2, 0.25) is 0 Å². The molecule has 1 atom stereocenters. The molecule has 1 aromatic heterocycles. The largest absolute Gasteiger partial charge is 0.478 e. The molecule has 1 saturated heterocycles. The molecule has 1 fully saturated rings. The molecule has 1 N–H and O–H groups in total. The number of nitrogens with zero attached hydrogens (tertiary/aromatic N) is 2. The minimum absolute atomic E-state index is 0.0121. The number of rotatable bonds is 5. The van der Waals surface area contributed by atoms with Crippen molar-refractivity contribution < 1.29 is 4.74 Å². The number of likely N-dealkylation sites (tertiary alicyclic amines) is 1. The van der Waals surface area contributed by atoms with E-state index in [2.05, 4.69) is 43.0 Å². The van der Waals surface area contributed by atoms with Crippen LogP contribution in [0.3, 0.4) is 0 Å². The molecule has 0 aliphatic carbocycles. The van der Waals surface area contributed by atoms with Gasteiger partial charge in [-0.25, -0.2) is 0 Å². The lowest BCUT2D eigenvalue weighted by molar-refractivity contribution is 0.229. The van der Waals surface area contributed by atoms with Crippen molar-refractivity contribution in [1.82, 2.24) is 9.88 Å². The van der Waals surface area contributed by atoms with Crippen LogP contribution in [0.5, 0.6) is 5.88 Å². The van der Waals surface area contributed by atoms with Gasteiger partial charge >= 0.3 is 0 Å². The van der Waals surface area contributed by atoms with Crippen molar-refractivity contribution in [2.24, 2.45) is 0 Å². The zero-order valence-electron chi connectivity index (χ0n) is 13.1. The summed E-state index contributed by atoms with van der Waals surface area (Å²) in [5, 5.41) is 3.36. The topological polar surface area (TPSA) is 37.4 Å². The van der Waals surface area contributed by atoms with Gasteiger partial charge in [0.05, 0.1) is 6.61 Å². The predicted molar refractivity (Wildman–Crippen MR) is 83.4 cm³/mol. The fourth-order valence-electron chi connectivity index (χ4n) is 2.59. The maximum Gasteiger partial charge on any atom is 0.215 e. The number of anilines is 1. The van der Waals surface area contributed by atoms with Crippen LogP contribution in [0.15, 0.2) is 18.2 Å². The molecule has 0 amide bonds. The number of hydrogen-bond donors (Lipinski definition) is 1. The van der Waals surface area contributed by atoms with Crippen molar-refractivity contribution in [3.05, 3.63) is 18.2 Å². The summed E-state index contributed by atoms with van der Waals surface area (Å²) < 4.78 is 5.79. The molecule has 20 heavy (non-hydrogen) atoms. The molecule has 0 bridgehead atoms. The van der Waals surface area contributed by atoms with E-state index >= 15 is 0 Å². The molecule has 0 aromatic carbocycles. The van der Waals surface area contributed by atoms with Crippen molar-refractivity contribution in [2.75, 3.05) is 25.5 Å². The number of nitrogens with one attached hydrogen (secondary N) is 1. The van der Waals surface area contributed by atoms with Gasteiger partial charge in [-0.1, -0.05) is 6.07 Å². The average molecular weight is 277 g/mol. The normalized spacial score (nSPS) is 20.1. The van der Waals surface area contributed by atoms with Gasteiger partial charge < -0.3 is 15.0 Å². The summed E-state index contributed by atoms with van der Waals surface area (Å²) in [6.45, 7) is 8.32. The van der Waals surface area contributed by atoms with Crippen LogP contribution < -0.4 is 10.1 Å². The molecule has 112 valence electrons. The summed E-state index contributed by atoms with van der Waals surface area (Å²) in [7, 11) is 2.20. The first-order valence-corrected chi connectivity index (χ1v) is 7.52. The fraction of sp³-hybridized carbons (Fsp3) is 0.688. The molecule has 0 spiro atoms. The Bertz CT molecular complexity index is 428. The Kier molecular flexibility index (Phi) is 4.86. The second-order valence-corrected chi connectivity index (χ2v) is 6.65. The number of aromatic nitrogens is 1. The molecule has 2 heterocycles. The van der Waals surface area contributed by atoms with Crippen molar-refractivity contribution in [1.29, 1.82) is 0 Å². The van der Waals surface area contributed by atoms with Crippen LogP contribution in [-0.4, -0.2) is 41.7 Å². The first-order valence-electron chi connectivity index (χ1n) is 7.52. The number of hydrogen-bond acceptors (Lipinski definition) is 4. The summed E-state index contributed by atoms with van der Waals surface area (Å²) in [4.78, 5) is 6.92. The second-order valence-electron chi connectivity index (χ2n) is 6.65. The second kappa shape index (κ2) is 6.44. The van der Waals surface area contributed by atoms with Gasteiger partial charge in [0.2, 0.25) is 5.88 Å². The number of pyridine rings is 1. The van der Waals surface area contributed by atoms with Gasteiger partial charge in [0, 0.05) is 17.6 Å². The van der Waals surface area contributed by atoms with E-state index in [9.17, 15) is 0 Å². The van der Waals surface area contributed by atoms with Crippen molar-refractivity contribution >= 4 is 5.82 Å². The monoisotopic (exact) mass is 277 g/mol. The third kappa shape index (κ3) is 4.67. The summed E-state index contributed by atoms with van der Waals surface area (Å²) >= 11 is 0. The Morgan fingerprint density at radius 3 is 2.85 bits per heavy atom. The Morgan fingerprint density at radius 1 is 1.40 bits per heavy atom. The summed E-state index contributed by atoms with van der Waals surface area (Å²) in [6.07, 6.45) is 3.68. The fourth-order valence-corrected chi connectivity index (χ4v) is 2.59. The van der Waals surface area contributed by atoms with E-state index < -0.39 is 0 Å². The molecular formula is C16H27N3O. The highest BCUT2D eigenvalue weighted by molar-refractivity contribution is 5.39. The highest BCUT2D eigenvalue weighted by Gasteiger charge is 2.20. The molecule has 1 aliphatic rings. The third-order valence-corrected chi connectivity index (χ3v) is 3.60. The van der Waals surface area contributed by atoms with E-state index in [1.165, 1.54) is 19.4 Å². The summed E-state index contributed by atoms with van der Waals surface area (Å²) in [5.41, 5.74) is 0.0121. The van der Waals surface area contributed by atoms with Gasteiger partial charge in [0.1, 0.15) is 5.82 Å². The molecule has 0 radical (unpaired) electrons. The molecule has 4 nitrogen and oxygen atoms in total. The molecule has 1 aromatic rings. The van der Waals surface area contributed by atoms with Gasteiger partial charge in [-0.15, -0.1) is 0 Å². The zero-order chi connectivity index (χ0) is 14.6. The average Bonchev–Trinajstić information content (AvgIpc) is 2.73. The van der Waals surface area contributed by atoms with Crippen molar-refractivity contribution in [3.8, 4) is 5.88 Å². The predicted octanol–water partition coefficient (Wildman–Crippen LogP) is 3.16. The van der Waals surface area contributed by atoms with Crippen LogP contribution in [0.4, 0.5) is 5.82 Å². The minimum Gasteiger partial charge on any atom is -0.478 e. The molecule has 0 saturated carbocycles.